The smallest absolute Gasteiger partial charge is 0.0750 e. The van der Waals surface area contributed by atoms with Gasteiger partial charge in [0.2, 0.25) is 0 Å². The van der Waals surface area contributed by atoms with Crippen molar-refractivity contribution in [1.29, 1.82) is 0 Å². The predicted octanol–water partition coefficient (Wildman–Crippen LogP) is 7.82. The molecule has 0 saturated heterocycles. The number of unbranched alkanes of at least 4 members (excludes halogenated alkanes) is 6. The quantitative estimate of drug-likeness (QED) is 0.189. The van der Waals surface area contributed by atoms with Crippen LogP contribution in [0.4, 0.5) is 0 Å². The summed E-state index contributed by atoms with van der Waals surface area (Å²) in [5, 5.41) is 12.2. The first-order valence-corrected chi connectivity index (χ1v) is 14.4. The second-order valence-corrected chi connectivity index (χ2v) is 13.9. The minimum Gasteiger partial charge on any atom is -0.389 e. The largest absolute Gasteiger partial charge is 0.389 e. The Bertz CT molecular complexity index is 401. The second kappa shape index (κ2) is 13.8. The van der Waals surface area contributed by atoms with Crippen LogP contribution < -0.4 is 0 Å². The molecule has 0 aromatic rings. The molecule has 0 fully saturated rings. The Kier molecular flexibility index (Phi) is 13.6. The number of rotatable bonds is 14. The molecule has 1 N–H and O–H groups in total. The van der Waals surface area contributed by atoms with Crippen molar-refractivity contribution in [3.8, 4) is 0 Å². The van der Waals surface area contributed by atoms with E-state index < -0.39 is 8.07 Å². The molecule has 0 heterocycles. The summed E-state index contributed by atoms with van der Waals surface area (Å²) in [6.45, 7) is 16.3. The zero-order valence-corrected chi connectivity index (χ0v) is 19.4. The highest BCUT2D eigenvalue weighted by atomic mass is 28.3. The maximum atomic E-state index is 10.5. The van der Waals surface area contributed by atoms with Gasteiger partial charge in [-0.25, -0.2) is 0 Å². The van der Waals surface area contributed by atoms with Crippen LogP contribution in [0.15, 0.2) is 22.4 Å². The molecule has 0 aliphatic heterocycles. The summed E-state index contributed by atoms with van der Waals surface area (Å²) in [4.78, 5) is 0. The Balaban J connectivity index is 5.34. The number of aliphatic hydroxyl groups excluding tert-OH is 1. The van der Waals surface area contributed by atoms with Crippen LogP contribution >= 0.6 is 0 Å². The average molecular weight is 367 g/mol. The predicted molar refractivity (Wildman–Crippen MR) is 118 cm³/mol. The third-order valence-corrected chi connectivity index (χ3v) is 7.97. The van der Waals surface area contributed by atoms with Gasteiger partial charge in [-0.3, -0.25) is 0 Å². The van der Waals surface area contributed by atoms with Crippen LogP contribution in [0.2, 0.25) is 19.6 Å². The Morgan fingerprint density at radius 2 is 1.36 bits per heavy atom. The number of hydrogen-bond acceptors (Lipinski definition) is 1. The van der Waals surface area contributed by atoms with E-state index in [1.54, 1.807) is 5.20 Å². The summed E-state index contributed by atoms with van der Waals surface area (Å²) < 4.78 is 0. The van der Waals surface area contributed by atoms with Crippen LogP contribution in [0.5, 0.6) is 0 Å². The Hall–Kier alpha value is -0.343. The fourth-order valence-electron chi connectivity index (χ4n) is 3.17. The summed E-state index contributed by atoms with van der Waals surface area (Å²) in [5.74, 6) is 0. The Morgan fingerprint density at radius 1 is 0.840 bits per heavy atom. The Labute approximate surface area is 160 Å². The van der Waals surface area contributed by atoms with Crippen molar-refractivity contribution in [2.45, 2.75) is 124 Å². The zero-order chi connectivity index (χ0) is 19.3. The van der Waals surface area contributed by atoms with Crippen LogP contribution in [-0.4, -0.2) is 19.3 Å². The second-order valence-electron chi connectivity index (χ2n) is 8.66. The molecule has 148 valence electrons. The van der Waals surface area contributed by atoms with Crippen LogP contribution in [-0.2, 0) is 0 Å². The molecule has 0 amide bonds. The van der Waals surface area contributed by atoms with E-state index in [1.807, 2.05) is 0 Å². The summed E-state index contributed by atoms with van der Waals surface area (Å²) in [6, 6.07) is 0. The van der Waals surface area contributed by atoms with Gasteiger partial charge in [0, 0.05) is 0 Å². The molecule has 0 aliphatic rings. The number of allylic oxidation sites excluding steroid dienone is 3. The van der Waals surface area contributed by atoms with Crippen LogP contribution in [0.25, 0.3) is 0 Å². The van der Waals surface area contributed by atoms with Crippen LogP contribution in [0.1, 0.15) is 98.3 Å². The lowest BCUT2D eigenvalue weighted by Gasteiger charge is -2.23. The average Bonchev–Trinajstić information content (AvgIpc) is 2.57. The topological polar surface area (TPSA) is 20.2 Å². The highest BCUT2D eigenvalue weighted by Gasteiger charge is 2.19. The summed E-state index contributed by atoms with van der Waals surface area (Å²) in [5.41, 5.74) is 2.81. The molecule has 25 heavy (non-hydrogen) atoms. The minimum absolute atomic E-state index is 0.262. The molecule has 1 atom stereocenters. The van der Waals surface area contributed by atoms with Gasteiger partial charge in [-0.1, -0.05) is 95.8 Å². The van der Waals surface area contributed by atoms with Crippen LogP contribution in [0.3, 0.4) is 0 Å². The van der Waals surface area contributed by atoms with Gasteiger partial charge < -0.3 is 5.11 Å². The molecule has 0 aromatic carbocycles. The van der Waals surface area contributed by atoms with Gasteiger partial charge in [-0.05, 0) is 44.6 Å². The van der Waals surface area contributed by atoms with Crippen LogP contribution in [0, 0.1) is 0 Å². The lowest BCUT2D eigenvalue weighted by Crippen LogP contribution is -2.23. The van der Waals surface area contributed by atoms with E-state index in [0.29, 0.717) is 0 Å². The van der Waals surface area contributed by atoms with Gasteiger partial charge in [0.15, 0.2) is 0 Å². The first kappa shape index (κ1) is 24.7. The minimum atomic E-state index is -1.29. The molecule has 2 heteroatoms. The van der Waals surface area contributed by atoms with Gasteiger partial charge in [0.1, 0.15) is 0 Å². The molecule has 0 spiro atoms. The lowest BCUT2D eigenvalue weighted by atomic mass is 9.95. The molecule has 0 radical (unpaired) electrons. The van der Waals surface area contributed by atoms with E-state index in [2.05, 4.69) is 53.4 Å². The molecule has 0 rings (SSSR count). The molecule has 1 unspecified atom stereocenters. The maximum absolute atomic E-state index is 10.5. The highest BCUT2D eigenvalue weighted by Crippen LogP contribution is 2.27. The van der Waals surface area contributed by atoms with Gasteiger partial charge in [-0.15, -0.1) is 0 Å². The van der Waals surface area contributed by atoms with Gasteiger partial charge in [0.05, 0.1) is 14.2 Å². The fourth-order valence-corrected chi connectivity index (χ4v) is 4.33. The summed E-state index contributed by atoms with van der Waals surface area (Å²) in [6.07, 6.45) is 15.5. The molecular formula is C23H46OSi. The van der Waals surface area contributed by atoms with Crippen molar-refractivity contribution >= 4 is 8.07 Å². The molecule has 1 nitrogen and oxygen atoms in total. The number of aliphatic hydroxyl groups is 1. The SMILES string of the molecule is CCCCCC/C(=C/C(CCCCCC)=C(\C)[Si](C)(C)C)C(O)CC. The third kappa shape index (κ3) is 11.1. The normalized spacial score (nSPS) is 15.3. The fraction of sp³-hybridized carbons (Fsp3) is 0.826. The van der Waals surface area contributed by atoms with E-state index in [0.717, 1.165) is 12.8 Å². The first-order chi connectivity index (χ1) is 11.8. The van der Waals surface area contributed by atoms with E-state index in [-0.39, 0.29) is 6.10 Å². The summed E-state index contributed by atoms with van der Waals surface area (Å²) >= 11 is 0. The molecule has 0 saturated carbocycles. The number of hydrogen-bond donors (Lipinski definition) is 1. The van der Waals surface area contributed by atoms with E-state index >= 15 is 0 Å². The van der Waals surface area contributed by atoms with Crippen molar-refractivity contribution in [2.24, 2.45) is 0 Å². The standard InChI is InChI=1S/C23H46OSi/c1-8-11-13-15-17-21(20(4)25(5,6)7)19-22(23(24)10-3)18-16-14-12-9-2/h19,23-24H,8-18H2,1-7H3/b21-20+,22-19-. The van der Waals surface area contributed by atoms with Crippen molar-refractivity contribution < 1.29 is 5.11 Å². The van der Waals surface area contributed by atoms with E-state index in [4.69, 9.17) is 0 Å². The van der Waals surface area contributed by atoms with E-state index in [1.165, 1.54) is 68.9 Å². The Morgan fingerprint density at radius 3 is 1.80 bits per heavy atom. The van der Waals surface area contributed by atoms with Gasteiger partial charge in [0.25, 0.3) is 0 Å². The third-order valence-electron chi connectivity index (χ3n) is 5.40. The maximum Gasteiger partial charge on any atom is 0.0750 e. The highest BCUT2D eigenvalue weighted by molar-refractivity contribution is 6.83. The van der Waals surface area contributed by atoms with Gasteiger partial charge >= 0.3 is 0 Å². The summed E-state index contributed by atoms with van der Waals surface area (Å²) in [7, 11) is -1.29. The van der Waals surface area contributed by atoms with Crippen molar-refractivity contribution in [3.05, 3.63) is 22.4 Å². The zero-order valence-electron chi connectivity index (χ0n) is 18.4. The molecule has 0 bridgehead atoms. The molecular weight excluding hydrogens is 320 g/mol. The molecule has 0 aliphatic carbocycles. The van der Waals surface area contributed by atoms with E-state index in [9.17, 15) is 5.11 Å². The van der Waals surface area contributed by atoms with Crippen molar-refractivity contribution in [3.63, 3.8) is 0 Å². The lowest BCUT2D eigenvalue weighted by molar-refractivity contribution is 0.201. The van der Waals surface area contributed by atoms with Gasteiger partial charge in [-0.2, -0.15) is 0 Å². The monoisotopic (exact) mass is 366 g/mol. The van der Waals surface area contributed by atoms with Crippen molar-refractivity contribution in [2.75, 3.05) is 0 Å². The first-order valence-electron chi connectivity index (χ1n) is 10.9. The molecule has 0 aromatic heterocycles. The van der Waals surface area contributed by atoms with Crippen molar-refractivity contribution in [1.82, 2.24) is 0 Å².